The predicted octanol–water partition coefficient (Wildman–Crippen LogP) is 3.37. The topological polar surface area (TPSA) is 57.5 Å². The summed E-state index contributed by atoms with van der Waals surface area (Å²) in [5.74, 6) is 0.737. The largest absolute Gasteiger partial charge is 0.493 e. The molecule has 0 amide bonds. The van der Waals surface area contributed by atoms with E-state index in [-0.39, 0.29) is 12.4 Å². The van der Waals surface area contributed by atoms with Crippen molar-refractivity contribution < 1.29 is 19.1 Å². The molecule has 1 aromatic heterocycles. The van der Waals surface area contributed by atoms with Crippen molar-refractivity contribution in [3.63, 3.8) is 0 Å². The lowest BCUT2D eigenvalue weighted by Gasteiger charge is -2.11. The van der Waals surface area contributed by atoms with E-state index >= 15 is 0 Å². The summed E-state index contributed by atoms with van der Waals surface area (Å²) in [7, 11) is 1.49. The Morgan fingerprint density at radius 3 is 2.62 bits per heavy atom. The van der Waals surface area contributed by atoms with Gasteiger partial charge in [-0.2, -0.15) is 0 Å². The molecule has 126 valence electrons. The van der Waals surface area contributed by atoms with Crippen molar-refractivity contribution in [2.75, 3.05) is 13.7 Å². The highest BCUT2D eigenvalue weighted by Crippen LogP contribution is 2.28. The molecule has 0 aliphatic carbocycles. The van der Waals surface area contributed by atoms with Gasteiger partial charge in [-0.25, -0.2) is 0 Å². The second-order valence-corrected chi connectivity index (χ2v) is 5.42. The molecule has 24 heavy (non-hydrogen) atoms. The first-order chi connectivity index (χ1) is 11.5. The fourth-order valence-corrected chi connectivity index (χ4v) is 2.59. The Bertz CT molecular complexity index is 774. The SMILES string of the molecule is C=CCn1c(C)cc(C(=O)COc2ccc(C=O)cc2OC)c1C. The van der Waals surface area contributed by atoms with E-state index in [9.17, 15) is 9.59 Å². The van der Waals surface area contributed by atoms with Crippen LogP contribution >= 0.6 is 0 Å². The Hall–Kier alpha value is -2.82. The van der Waals surface area contributed by atoms with Crippen LogP contribution in [0.25, 0.3) is 0 Å². The van der Waals surface area contributed by atoms with Crippen LogP contribution in [-0.4, -0.2) is 30.4 Å². The molecule has 0 radical (unpaired) electrons. The van der Waals surface area contributed by atoms with Crippen LogP contribution in [-0.2, 0) is 6.54 Å². The van der Waals surface area contributed by atoms with E-state index in [1.807, 2.05) is 24.5 Å². The minimum Gasteiger partial charge on any atom is -0.493 e. The van der Waals surface area contributed by atoms with Crippen LogP contribution in [0.1, 0.15) is 32.1 Å². The Morgan fingerprint density at radius 1 is 1.25 bits per heavy atom. The maximum absolute atomic E-state index is 12.5. The first kappa shape index (κ1) is 17.5. The maximum Gasteiger partial charge on any atom is 0.202 e. The number of ether oxygens (including phenoxy) is 2. The van der Waals surface area contributed by atoms with Crippen LogP contribution in [0.2, 0.25) is 0 Å². The summed E-state index contributed by atoms with van der Waals surface area (Å²) >= 11 is 0. The molecule has 2 aromatic rings. The standard InChI is InChI=1S/C19H21NO4/c1-5-8-20-13(2)9-16(14(20)3)17(22)12-24-18-7-6-15(11-21)10-19(18)23-4/h5-7,9-11H,1,8,12H2,2-4H3. The van der Waals surface area contributed by atoms with Crippen molar-refractivity contribution in [3.05, 3.63) is 59.4 Å². The number of aryl methyl sites for hydroxylation is 1. The van der Waals surface area contributed by atoms with Crippen LogP contribution in [0.4, 0.5) is 0 Å². The molecular weight excluding hydrogens is 306 g/mol. The Balaban J connectivity index is 2.15. The predicted molar refractivity (Wildman–Crippen MR) is 92.3 cm³/mol. The van der Waals surface area contributed by atoms with Crippen molar-refractivity contribution in [3.8, 4) is 11.5 Å². The van der Waals surface area contributed by atoms with E-state index in [4.69, 9.17) is 9.47 Å². The summed E-state index contributed by atoms with van der Waals surface area (Å²) in [4.78, 5) is 23.3. The van der Waals surface area contributed by atoms with E-state index in [1.54, 1.807) is 24.3 Å². The summed E-state index contributed by atoms with van der Waals surface area (Å²) in [6.45, 7) is 8.15. The zero-order valence-electron chi connectivity index (χ0n) is 14.2. The van der Waals surface area contributed by atoms with Crippen molar-refractivity contribution in [2.24, 2.45) is 0 Å². The summed E-state index contributed by atoms with van der Waals surface area (Å²) in [6.07, 6.45) is 2.52. The average molecular weight is 327 g/mol. The lowest BCUT2D eigenvalue weighted by Crippen LogP contribution is -2.13. The summed E-state index contributed by atoms with van der Waals surface area (Å²) in [5.41, 5.74) is 3.02. The number of ketones is 1. The first-order valence-electron chi connectivity index (χ1n) is 7.58. The smallest absolute Gasteiger partial charge is 0.202 e. The number of carbonyl (C=O) groups excluding carboxylic acids is 2. The number of hydrogen-bond donors (Lipinski definition) is 0. The number of hydrogen-bond acceptors (Lipinski definition) is 4. The van der Waals surface area contributed by atoms with Gasteiger partial charge in [0, 0.05) is 29.1 Å². The van der Waals surface area contributed by atoms with Gasteiger partial charge in [-0.3, -0.25) is 9.59 Å². The van der Waals surface area contributed by atoms with Gasteiger partial charge in [0.05, 0.1) is 7.11 Å². The number of rotatable bonds is 8. The van der Waals surface area contributed by atoms with Gasteiger partial charge in [-0.15, -0.1) is 6.58 Å². The average Bonchev–Trinajstić information content (AvgIpc) is 2.88. The second-order valence-electron chi connectivity index (χ2n) is 5.42. The molecule has 0 saturated heterocycles. The normalized spacial score (nSPS) is 10.3. The highest BCUT2D eigenvalue weighted by atomic mass is 16.5. The molecular formula is C19H21NO4. The molecule has 0 bridgehead atoms. The number of nitrogens with zero attached hydrogens (tertiary/aromatic N) is 1. The van der Waals surface area contributed by atoms with E-state index in [1.165, 1.54) is 7.11 Å². The second kappa shape index (κ2) is 7.64. The van der Waals surface area contributed by atoms with Gasteiger partial charge < -0.3 is 14.0 Å². The minimum absolute atomic E-state index is 0.102. The molecule has 0 aliphatic heterocycles. The molecule has 1 heterocycles. The number of methoxy groups -OCH3 is 1. The van der Waals surface area contributed by atoms with Crippen molar-refractivity contribution in [1.82, 2.24) is 4.57 Å². The van der Waals surface area contributed by atoms with Gasteiger partial charge in [0.2, 0.25) is 5.78 Å². The number of carbonyl (C=O) groups is 2. The van der Waals surface area contributed by atoms with E-state index in [2.05, 4.69) is 6.58 Å². The molecule has 0 unspecified atom stereocenters. The molecule has 0 saturated carbocycles. The number of allylic oxidation sites excluding steroid dienone is 1. The van der Waals surface area contributed by atoms with Crippen molar-refractivity contribution >= 4 is 12.1 Å². The van der Waals surface area contributed by atoms with Gasteiger partial charge >= 0.3 is 0 Å². The van der Waals surface area contributed by atoms with Crippen molar-refractivity contribution in [2.45, 2.75) is 20.4 Å². The van der Waals surface area contributed by atoms with E-state index in [0.717, 1.165) is 17.7 Å². The van der Waals surface area contributed by atoms with E-state index < -0.39 is 0 Å². The summed E-state index contributed by atoms with van der Waals surface area (Å²) < 4.78 is 12.8. The van der Waals surface area contributed by atoms with Crippen LogP contribution < -0.4 is 9.47 Å². The molecule has 1 aromatic carbocycles. The highest BCUT2D eigenvalue weighted by molar-refractivity contribution is 5.98. The van der Waals surface area contributed by atoms with Crippen LogP contribution in [0.15, 0.2) is 36.9 Å². The van der Waals surface area contributed by atoms with Gasteiger partial charge in [0.1, 0.15) is 6.29 Å². The molecule has 5 nitrogen and oxygen atoms in total. The third-order valence-electron chi connectivity index (χ3n) is 3.87. The monoisotopic (exact) mass is 327 g/mol. The van der Waals surface area contributed by atoms with Gasteiger partial charge in [-0.1, -0.05) is 6.08 Å². The quantitative estimate of drug-likeness (QED) is 0.424. The molecule has 0 N–H and O–H groups in total. The third kappa shape index (κ3) is 3.56. The van der Waals surface area contributed by atoms with Crippen LogP contribution in [0.3, 0.4) is 0 Å². The lowest BCUT2D eigenvalue weighted by molar-refractivity contribution is 0.0918. The number of aldehydes is 1. The Kier molecular flexibility index (Phi) is 5.58. The highest BCUT2D eigenvalue weighted by Gasteiger charge is 2.16. The third-order valence-corrected chi connectivity index (χ3v) is 3.87. The number of Topliss-reactive ketones (excluding diaryl/α,β-unsaturated/α-hetero) is 1. The minimum atomic E-state index is -0.111. The zero-order valence-corrected chi connectivity index (χ0v) is 14.2. The van der Waals surface area contributed by atoms with Crippen LogP contribution in [0.5, 0.6) is 11.5 Å². The molecule has 0 atom stereocenters. The molecule has 0 aliphatic rings. The van der Waals surface area contributed by atoms with E-state index in [0.29, 0.717) is 29.2 Å². The fourth-order valence-electron chi connectivity index (χ4n) is 2.59. The molecule has 2 rings (SSSR count). The molecule has 0 fully saturated rings. The summed E-state index contributed by atoms with van der Waals surface area (Å²) in [5, 5.41) is 0. The van der Waals surface area contributed by atoms with Gasteiger partial charge in [0.25, 0.3) is 0 Å². The van der Waals surface area contributed by atoms with Crippen molar-refractivity contribution in [1.29, 1.82) is 0 Å². The summed E-state index contributed by atoms with van der Waals surface area (Å²) in [6, 6.07) is 6.67. The van der Waals surface area contributed by atoms with Crippen LogP contribution in [0, 0.1) is 13.8 Å². The molecule has 0 spiro atoms. The number of benzene rings is 1. The molecule has 5 heteroatoms. The first-order valence-corrected chi connectivity index (χ1v) is 7.58. The maximum atomic E-state index is 12.5. The zero-order chi connectivity index (χ0) is 17.7. The van der Waals surface area contributed by atoms with Gasteiger partial charge in [0.15, 0.2) is 18.1 Å². The fraction of sp³-hybridized carbons (Fsp3) is 0.263. The lowest BCUT2D eigenvalue weighted by atomic mass is 10.1. The van der Waals surface area contributed by atoms with Gasteiger partial charge in [-0.05, 0) is 38.1 Å². The Labute approximate surface area is 141 Å². The Morgan fingerprint density at radius 2 is 2.00 bits per heavy atom. The number of aromatic nitrogens is 1.